The van der Waals surface area contributed by atoms with E-state index in [-0.39, 0.29) is 18.3 Å². The van der Waals surface area contributed by atoms with Gasteiger partial charge in [-0.25, -0.2) is 9.18 Å². The summed E-state index contributed by atoms with van der Waals surface area (Å²) in [6, 6.07) is 11.1. The number of ether oxygens (including phenoxy) is 1. The highest BCUT2D eigenvalue weighted by Crippen LogP contribution is 2.20. The lowest BCUT2D eigenvalue weighted by Gasteiger charge is -2.10. The molecule has 1 N–H and O–H groups in total. The Bertz CT molecular complexity index is 770. The number of carbonyl (C=O) groups excluding carboxylic acids is 2. The molecule has 0 heterocycles. The van der Waals surface area contributed by atoms with E-state index < -0.39 is 11.8 Å². The molecule has 1 amide bonds. The average molecular weight is 382 g/mol. The van der Waals surface area contributed by atoms with E-state index in [4.69, 9.17) is 16.3 Å². The Morgan fingerprint density at radius 3 is 2.72 bits per heavy atom. The number of para-hydroxylation sites is 1. The summed E-state index contributed by atoms with van der Waals surface area (Å²) in [5.41, 5.74) is 1.17. The van der Waals surface area contributed by atoms with E-state index in [0.29, 0.717) is 27.6 Å². The molecule has 0 bridgehead atoms. The second-order valence-corrected chi connectivity index (χ2v) is 6.46. The molecule has 132 valence electrons. The highest BCUT2D eigenvalue weighted by Gasteiger charge is 2.14. The largest absolute Gasteiger partial charge is 0.462 e. The summed E-state index contributed by atoms with van der Waals surface area (Å²) in [5.74, 6) is -0.701. The van der Waals surface area contributed by atoms with Crippen LogP contribution in [0.3, 0.4) is 0 Å². The molecule has 7 heteroatoms. The Kier molecular flexibility index (Phi) is 7.28. The zero-order chi connectivity index (χ0) is 18.2. The van der Waals surface area contributed by atoms with Gasteiger partial charge in [-0.05, 0) is 36.8 Å². The molecule has 0 aliphatic heterocycles. The quantitative estimate of drug-likeness (QED) is 0.716. The van der Waals surface area contributed by atoms with Gasteiger partial charge in [-0.2, -0.15) is 0 Å². The fourth-order valence-electron chi connectivity index (χ4n) is 2.06. The molecule has 25 heavy (non-hydrogen) atoms. The molecule has 2 rings (SSSR count). The van der Waals surface area contributed by atoms with Crippen LogP contribution in [0.5, 0.6) is 0 Å². The van der Waals surface area contributed by atoms with Crippen LogP contribution in [0.4, 0.5) is 10.1 Å². The minimum Gasteiger partial charge on any atom is -0.462 e. The third kappa shape index (κ3) is 5.76. The van der Waals surface area contributed by atoms with Crippen LogP contribution in [0.1, 0.15) is 22.8 Å². The number of thioether (sulfide) groups is 1. The Morgan fingerprint density at radius 2 is 2.00 bits per heavy atom. The standard InChI is InChI=1S/C18H17ClFNO3S/c1-2-24-18(23)14-5-3-4-6-16(14)21-17(22)11-25-10-12-7-8-13(19)9-15(12)20/h3-9H,2,10-11H2,1H3,(H,21,22). The predicted octanol–water partition coefficient (Wildman–Crippen LogP) is 4.53. The molecule has 2 aromatic carbocycles. The van der Waals surface area contributed by atoms with Crippen LogP contribution < -0.4 is 5.32 Å². The number of benzene rings is 2. The zero-order valence-corrected chi connectivity index (χ0v) is 15.1. The van der Waals surface area contributed by atoms with Crippen molar-refractivity contribution in [2.75, 3.05) is 17.7 Å². The van der Waals surface area contributed by atoms with E-state index in [9.17, 15) is 14.0 Å². The summed E-state index contributed by atoms with van der Waals surface area (Å²) in [6.45, 7) is 1.97. The monoisotopic (exact) mass is 381 g/mol. The highest BCUT2D eigenvalue weighted by atomic mass is 35.5. The van der Waals surface area contributed by atoms with Crippen molar-refractivity contribution in [3.05, 3.63) is 64.4 Å². The number of amides is 1. The summed E-state index contributed by atoms with van der Waals surface area (Å²) < 4.78 is 18.7. The van der Waals surface area contributed by atoms with Gasteiger partial charge in [0, 0.05) is 10.8 Å². The van der Waals surface area contributed by atoms with E-state index in [2.05, 4.69) is 5.32 Å². The Balaban J connectivity index is 1.91. The lowest BCUT2D eigenvalue weighted by atomic mass is 10.2. The summed E-state index contributed by atoms with van der Waals surface area (Å²) in [4.78, 5) is 24.0. The van der Waals surface area contributed by atoms with Gasteiger partial charge >= 0.3 is 5.97 Å². The van der Waals surface area contributed by atoms with Gasteiger partial charge < -0.3 is 10.1 Å². The molecule has 0 aliphatic carbocycles. The number of hydrogen-bond acceptors (Lipinski definition) is 4. The van der Waals surface area contributed by atoms with Crippen molar-refractivity contribution in [2.45, 2.75) is 12.7 Å². The molecule has 0 saturated heterocycles. The number of anilines is 1. The molecular formula is C18H17ClFNO3S. The lowest BCUT2D eigenvalue weighted by Crippen LogP contribution is -2.17. The first-order valence-corrected chi connectivity index (χ1v) is 9.12. The topological polar surface area (TPSA) is 55.4 Å². The molecule has 2 aromatic rings. The Hall–Kier alpha value is -2.05. The molecule has 0 aromatic heterocycles. The first-order chi connectivity index (χ1) is 12.0. The van der Waals surface area contributed by atoms with E-state index in [1.54, 1.807) is 43.3 Å². The normalized spacial score (nSPS) is 10.4. The van der Waals surface area contributed by atoms with Gasteiger partial charge in [-0.1, -0.05) is 29.8 Å². The maximum atomic E-state index is 13.7. The number of nitrogens with one attached hydrogen (secondary N) is 1. The third-order valence-corrected chi connectivity index (χ3v) is 4.42. The van der Waals surface area contributed by atoms with Crippen LogP contribution >= 0.6 is 23.4 Å². The van der Waals surface area contributed by atoms with Crippen molar-refractivity contribution < 1.29 is 18.7 Å². The van der Waals surface area contributed by atoms with Crippen LogP contribution in [0.15, 0.2) is 42.5 Å². The zero-order valence-electron chi connectivity index (χ0n) is 13.6. The molecule has 0 aliphatic rings. The van der Waals surface area contributed by atoms with Gasteiger partial charge in [0.25, 0.3) is 0 Å². The van der Waals surface area contributed by atoms with Crippen molar-refractivity contribution >= 4 is 40.9 Å². The van der Waals surface area contributed by atoms with E-state index in [0.717, 1.165) is 0 Å². The van der Waals surface area contributed by atoms with Crippen LogP contribution in [0.25, 0.3) is 0 Å². The second kappa shape index (κ2) is 9.44. The van der Waals surface area contributed by atoms with Crippen molar-refractivity contribution in [3.63, 3.8) is 0 Å². The molecular weight excluding hydrogens is 365 g/mol. The molecule has 0 radical (unpaired) electrons. The number of carbonyl (C=O) groups is 2. The van der Waals surface area contributed by atoms with E-state index in [1.807, 2.05) is 0 Å². The van der Waals surface area contributed by atoms with Crippen LogP contribution in [0.2, 0.25) is 5.02 Å². The van der Waals surface area contributed by atoms with Crippen LogP contribution in [0, 0.1) is 5.82 Å². The maximum absolute atomic E-state index is 13.7. The molecule has 0 fully saturated rings. The summed E-state index contributed by atoms with van der Waals surface area (Å²) in [7, 11) is 0. The molecule has 0 saturated carbocycles. The highest BCUT2D eigenvalue weighted by molar-refractivity contribution is 7.99. The predicted molar refractivity (Wildman–Crippen MR) is 98.6 cm³/mol. The van der Waals surface area contributed by atoms with Crippen LogP contribution in [-0.4, -0.2) is 24.2 Å². The van der Waals surface area contributed by atoms with Crippen molar-refractivity contribution in [1.82, 2.24) is 0 Å². The summed E-state index contributed by atoms with van der Waals surface area (Å²) in [5, 5.41) is 3.02. The molecule has 4 nitrogen and oxygen atoms in total. The van der Waals surface area contributed by atoms with Crippen molar-refractivity contribution in [1.29, 1.82) is 0 Å². The van der Waals surface area contributed by atoms with Crippen LogP contribution in [-0.2, 0) is 15.3 Å². The first-order valence-electron chi connectivity index (χ1n) is 7.59. The number of hydrogen-bond donors (Lipinski definition) is 1. The Labute approximate surface area is 154 Å². The van der Waals surface area contributed by atoms with Gasteiger partial charge in [0.15, 0.2) is 0 Å². The third-order valence-electron chi connectivity index (χ3n) is 3.20. The first kappa shape index (κ1) is 19.3. The number of halogens is 2. The maximum Gasteiger partial charge on any atom is 0.340 e. The molecule has 0 unspecified atom stereocenters. The lowest BCUT2D eigenvalue weighted by molar-refractivity contribution is -0.113. The smallest absolute Gasteiger partial charge is 0.340 e. The molecule has 0 spiro atoms. The summed E-state index contributed by atoms with van der Waals surface area (Å²) in [6.07, 6.45) is 0. The number of esters is 1. The minimum atomic E-state index is -0.491. The van der Waals surface area contributed by atoms with E-state index in [1.165, 1.54) is 17.8 Å². The fourth-order valence-corrected chi connectivity index (χ4v) is 3.03. The van der Waals surface area contributed by atoms with Gasteiger partial charge in [-0.3, -0.25) is 4.79 Å². The van der Waals surface area contributed by atoms with E-state index >= 15 is 0 Å². The fraction of sp³-hybridized carbons (Fsp3) is 0.222. The Morgan fingerprint density at radius 1 is 1.24 bits per heavy atom. The van der Waals surface area contributed by atoms with Gasteiger partial charge in [0.1, 0.15) is 5.82 Å². The SMILES string of the molecule is CCOC(=O)c1ccccc1NC(=O)CSCc1ccc(Cl)cc1F. The van der Waals surface area contributed by atoms with Crippen molar-refractivity contribution in [2.24, 2.45) is 0 Å². The minimum absolute atomic E-state index is 0.124. The van der Waals surface area contributed by atoms with Gasteiger partial charge in [0.2, 0.25) is 5.91 Å². The van der Waals surface area contributed by atoms with Gasteiger partial charge in [-0.15, -0.1) is 11.8 Å². The average Bonchev–Trinajstić information content (AvgIpc) is 2.57. The molecule has 0 atom stereocenters. The second-order valence-electron chi connectivity index (χ2n) is 5.04. The summed E-state index contributed by atoms with van der Waals surface area (Å²) >= 11 is 6.97. The van der Waals surface area contributed by atoms with Gasteiger partial charge in [0.05, 0.1) is 23.6 Å². The van der Waals surface area contributed by atoms with Crippen molar-refractivity contribution in [3.8, 4) is 0 Å². The number of rotatable bonds is 7.